The van der Waals surface area contributed by atoms with E-state index < -0.39 is 5.79 Å². The number of hydrogen-bond donors (Lipinski definition) is 0. The minimum Gasteiger partial charge on any atom is -0.347 e. The van der Waals surface area contributed by atoms with Crippen LogP contribution >= 0.6 is 0 Å². The van der Waals surface area contributed by atoms with E-state index >= 15 is 0 Å². The lowest BCUT2D eigenvalue weighted by Gasteiger charge is -2.28. The van der Waals surface area contributed by atoms with E-state index in [1.54, 1.807) is 0 Å². The summed E-state index contributed by atoms with van der Waals surface area (Å²) in [6.45, 7) is 6.75. The first kappa shape index (κ1) is 11.7. The molecule has 1 fully saturated rings. The van der Waals surface area contributed by atoms with Crippen LogP contribution in [0.4, 0.5) is 0 Å². The van der Waals surface area contributed by atoms with Gasteiger partial charge in [0, 0.05) is 19.3 Å². The molecule has 0 bridgehead atoms. The van der Waals surface area contributed by atoms with Crippen molar-refractivity contribution in [3.05, 3.63) is 0 Å². The van der Waals surface area contributed by atoms with Crippen LogP contribution in [0.25, 0.3) is 0 Å². The van der Waals surface area contributed by atoms with Gasteiger partial charge in [-0.3, -0.25) is 0 Å². The summed E-state index contributed by atoms with van der Waals surface area (Å²) in [5.74, 6) is -0.501. The summed E-state index contributed by atoms with van der Waals surface area (Å²) in [6, 6.07) is 0. The normalized spacial score (nSPS) is 30.5. The molecule has 1 aliphatic rings. The summed E-state index contributed by atoms with van der Waals surface area (Å²) in [7, 11) is 0. The zero-order valence-corrected chi connectivity index (χ0v) is 9.34. The molecule has 0 aliphatic carbocycles. The van der Waals surface area contributed by atoms with Gasteiger partial charge in [0.1, 0.15) is 6.29 Å². The summed E-state index contributed by atoms with van der Waals surface area (Å²) in [6.07, 6.45) is 3.98. The minimum atomic E-state index is -0.501. The van der Waals surface area contributed by atoms with Gasteiger partial charge in [0.15, 0.2) is 5.79 Å². The van der Waals surface area contributed by atoms with Gasteiger partial charge in [0.25, 0.3) is 0 Å². The van der Waals surface area contributed by atoms with E-state index in [1.165, 1.54) is 0 Å². The molecular weight excluding hydrogens is 180 g/mol. The number of aldehydes is 1. The third-order valence-electron chi connectivity index (χ3n) is 2.42. The monoisotopic (exact) mass is 200 g/mol. The second-order valence-corrected chi connectivity index (χ2v) is 4.52. The highest BCUT2D eigenvalue weighted by Gasteiger charge is 2.44. The molecule has 3 heteroatoms. The number of hydrogen-bond acceptors (Lipinski definition) is 3. The highest BCUT2D eigenvalue weighted by Crippen LogP contribution is 2.37. The van der Waals surface area contributed by atoms with Gasteiger partial charge in [0.05, 0.1) is 12.2 Å². The van der Waals surface area contributed by atoms with Gasteiger partial charge >= 0.3 is 0 Å². The Balaban J connectivity index is 2.59. The summed E-state index contributed by atoms with van der Waals surface area (Å²) in [4.78, 5) is 10.4. The molecule has 0 aromatic rings. The Bertz CT molecular complexity index is 201. The highest BCUT2D eigenvalue weighted by atomic mass is 16.8. The number of carbonyl (C=O) groups excluding carboxylic acids is 1. The molecule has 0 aromatic carbocycles. The molecule has 1 unspecified atom stereocenters. The summed E-state index contributed by atoms with van der Waals surface area (Å²) >= 11 is 0. The van der Waals surface area contributed by atoms with Crippen LogP contribution in [-0.2, 0) is 14.3 Å². The maximum atomic E-state index is 10.4. The molecule has 14 heavy (non-hydrogen) atoms. The molecule has 0 aromatic heterocycles. The predicted octanol–water partition coefficient (Wildman–Crippen LogP) is 2.29. The lowest BCUT2D eigenvalue weighted by atomic mass is 10.1. The van der Waals surface area contributed by atoms with Gasteiger partial charge in [0.2, 0.25) is 0 Å². The van der Waals surface area contributed by atoms with Gasteiger partial charge < -0.3 is 14.3 Å². The first-order valence-corrected chi connectivity index (χ1v) is 5.31. The fourth-order valence-electron chi connectivity index (χ4n) is 1.90. The predicted molar refractivity (Wildman–Crippen MR) is 54.1 cm³/mol. The maximum absolute atomic E-state index is 10.4. The summed E-state index contributed by atoms with van der Waals surface area (Å²) in [5, 5.41) is 0. The van der Waals surface area contributed by atoms with Crippen molar-refractivity contribution in [2.45, 2.75) is 57.8 Å². The third kappa shape index (κ3) is 2.79. The standard InChI is InChI=1S/C11H20O3/c1-4-6-11(7-5-8-12)13-9-10(2,3)14-11/h8H,4-7,9H2,1-3H3. The van der Waals surface area contributed by atoms with E-state index in [9.17, 15) is 4.79 Å². The minimum absolute atomic E-state index is 0.210. The van der Waals surface area contributed by atoms with Crippen molar-refractivity contribution in [1.29, 1.82) is 0 Å². The Morgan fingerprint density at radius 2 is 2.07 bits per heavy atom. The van der Waals surface area contributed by atoms with Crippen LogP contribution in [0.3, 0.4) is 0 Å². The molecule has 0 spiro atoms. The molecule has 0 amide bonds. The zero-order chi connectivity index (χ0) is 10.7. The molecule has 1 aliphatic heterocycles. The molecule has 1 atom stereocenters. The van der Waals surface area contributed by atoms with E-state index in [4.69, 9.17) is 9.47 Å². The SMILES string of the molecule is CCCC1(CCC=O)OCC(C)(C)O1. The fourth-order valence-corrected chi connectivity index (χ4v) is 1.90. The second kappa shape index (κ2) is 4.41. The van der Waals surface area contributed by atoms with Crippen molar-refractivity contribution in [3.8, 4) is 0 Å². The molecule has 0 radical (unpaired) electrons. The number of rotatable bonds is 5. The van der Waals surface area contributed by atoms with E-state index in [1.807, 2.05) is 13.8 Å². The van der Waals surface area contributed by atoms with Crippen LogP contribution in [0.2, 0.25) is 0 Å². The Hall–Kier alpha value is -0.410. The second-order valence-electron chi connectivity index (χ2n) is 4.52. The average Bonchev–Trinajstić information content (AvgIpc) is 2.40. The van der Waals surface area contributed by atoms with E-state index in [0.717, 1.165) is 19.1 Å². The fraction of sp³-hybridized carbons (Fsp3) is 0.909. The molecule has 1 saturated heterocycles. The van der Waals surface area contributed by atoms with Gasteiger partial charge in [-0.25, -0.2) is 0 Å². The molecule has 3 nitrogen and oxygen atoms in total. The van der Waals surface area contributed by atoms with Crippen LogP contribution in [0.1, 0.15) is 46.5 Å². The molecule has 0 saturated carbocycles. The first-order valence-electron chi connectivity index (χ1n) is 5.31. The largest absolute Gasteiger partial charge is 0.347 e. The van der Waals surface area contributed by atoms with Crippen molar-refractivity contribution in [1.82, 2.24) is 0 Å². The zero-order valence-electron chi connectivity index (χ0n) is 9.34. The van der Waals surface area contributed by atoms with Crippen LogP contribution in [-0.4, -0.2) is 24.3 Å². The molecule has 82 valence electrons. The molecule has 1 heterocycles. The van der Waals surface area contributed by atoms with Crippen molar-refractivity contribution in [2.75, 3.05) is 6.61 Å². The lowest BCUT2D eigenvalue weighted by molar-refractivity contribution is -0.191. The van der Waals surface area contributed by atoms with Gasteiger partial charge in [-0.15, -0.1) is 0 Å². The van der Waals surface area contributed by atoms with Crippen molar-refractivity contribution in [3.63, 3.8) is 0 Å². The Kier molecular flexibility index (Phi) is 3.67. The molecule has 0 N–H and O–H groups in total. The quantitative estimate of drug-likeness (QED) is 0.639. The van der Waals surface area contributed by atoms with Crippen molar-refractivity contribution < 1.29 is 14.3 Å². The highest BCUT2D eigenvalue weighted by molar-refractivity contribution is 5.49. The number of ether oxygens (including phenoxy) is 2. The van der Waals surface area contributed by atoms with E-state index in [2.05, 4.69) is 6.92 Å². The smallest absolute Gasteiger partial charge is 0.169 e. The van der Waals surface area contributed by atoms with Gasteiger partial charge in [-0.05, 0) is 13.8 Å². The van der Waals surface area contributed by atoms with Crippen LogP contribution in [0.15, 0.2) is 0 Å². The topological polar surface area (TPSA) is 35.5 Å². The molecule has 1 rings (SSSR count). The average molecular weight is 200 g/mol. The Morgan fingerprint density at radius 1 is 1.36 bits per heavy atom. The van der Waals surface area contributed by atoms with Gasteiger partial charge in [-0.1, -0.05) is 13.3 Å². The first-order chi connectivity index (χ1) is 6.54. The van der Waals surface area contributed by atoms with Crippen molar-refractivity contribution >= 4 is 6.29 Å². The van der Waals surface area contributed by atoms with E-state index in [-0.39, 0.29) is 5.60 Å². The molecular formula is C11H20O3. The van der Waals surface area contributed by atoms with Crippen molar-refractivity contribution in [2.24, 2.45) is 0 Å². The lowest BCUT2D eigenvalue weighted by Crippen LogP contribution is -2.33. The van der Waals surface area contributed by atoms with Gasteiger partial charge in [-0.2, -0.15) is 0 Å². The Labute approximate surface area is 85.8 Å². The summed E-state index contributed by atoms with van der Waals surface area (Å²) < 4.78 is 11.6. The van der Waals surface area contributed by atoms with Crippen LogP contribution in [0.5, 0.6) is 0 Å². The third-order valence-corrected chi connectivity index (χ3v) is 2.42. The van der Waals surface area contributed by atoms with Crippen LogP contribution in [0, 0.1) is 0 Å². The number of carbonyl (C=O) groups is 1. The van der Waals surface area contributed by atoms with Crippen LogP contribution < -0.4 is 0 Å². The van der Waals surface area contributed by atoms with E-state index in [0.29, 0.717) is 19.4 Å². The maximum Gasteiger partial charge on any atom is 0.169 e. The summed E-state index contributed by atoms with van der Waals surface area (Å²) in [5.41, 5.74) is -0.210. The Morgan fingerprint density at radius 3 is 2.50 bits per heavy atom.